The third-order valence-electron chi connectivity index (χ3n) is 6.26. The van der Waals surface area contributed by atoms with E-state index in [-0.39, 0.29) is 0 Å². The Bertz CT molecular complexity index is 944. The second-order valence-electron chi connectivity index (χ2n) is 9.81. The fourth-order valence-electron chi connectivity index (χ4n) is 3.84. The van der Waals surface area contributed by atoms with E-state index in [1.165, 1.54) is 103 Å². The zero-order valence-electron chi connectivity index (χ0n) is 24.2. The second-order valence-corrected chi connectivity index (χ2v) is 11.2. The van der Waals surface area contributed by atoms with Crippen molar-refractivity contribution >= 4 is 10.1 Å². The minimum Gasteiger partial charge on any atom is -0.741 e. The van der Waals surface area contributed by atoms with E-state index in [1.807, 2.05) is 0 Å². The summed E-state index contributed by atoms with van der Waals surface area (Å²) in [4.78, 5) is 0. The van der Waals surface area contributed by atoms with Crippen molar-refractivity contribution in [3.8, 4) is 23.7 Å². The summed E-state index contributed by atoms with van der Waals surface area (Å²) in [7, 11) is -4.01. The largest absolute Gasteiger partial charge is 0.741 e. The van der Waals surface area contributed by atoms with E-state index in [4.69, 9.17) is 13.0 Å². The molecule has 0 amide bonds. The molecule has 4 nitrogen and oxygen atoms in total. The normalized spacial score (nSPS) is 11.1. The third-order valence-corrected chi connectivity index (χ3v) is 6.82. The molecule has 1 rings (SSSR count). The molecule has 222 valence electrons. The lowest BCUT2D eigenvalue weighted by Gasteiger charge is -2.08. The second kappa shape index (κ2) is 22.8. The minimum atomic E-state index is -6.09. The van der Waals surface area contributed by atoms with Crippen LogP contribution < -0.4 is 4.57 Å². The summed E-state index contributed by atoms with van der Waals surface area (Å²) in [5, 5.41) is 0. The van der Waals surface area contributed by atoms with E-state index in [9.17, 15) is 13.2 Å². The first-order valence-electron chi connectivity index (χ1n) is 14.5. The van der Waals surface area contributed by atoms with Crippen molar-refractivity contribution in [1.29, 1.82) is 0 Å². The van der Waals surface area contributed by atoms with Gasteiger partial charge in [0, 0.05) is 36.8 Å². The molecule has 0 saturated carbocycles. The number of halogens is 3. The van der Waals surface area contributed by atoms with Crippen LogP contribution in [-0.4, -0.2) is 18.5 Å². The van der Waals surface area contributed by atoms with Gasteiger partial charge in [-0.1, -0.05) is 116 Å². The number of unbranched alkanes of at least 4 members (excludes halogenated alkanes) is 16. The SMILES string of the molecule is CCCCCCCCCCC#Cc1cccc(C#CCCCCCCCCCC)[n+]1C.O=S(=O)([O-])C(F)(F)F. The summed E-state index contributed by atoms with van der Waals surface area (Å²) < 4.78 is 61.0. The summed E-state index contributed by atoms with van der Waals surface area (Å²) in [6, 6.07) is 6.29. The first kappa shape index (κ1) is 37.0. The molecule has 0 unspecified atom stereocenters. The van der Waals surface area contributed by atoms with Crippen LogP contribution in [0, 0.1) is 23.7 Å². The van der Waals surface area contributed by atoms with Gasteiger partial charge in [-0.05, 0) is 18.9 Å². The maximum absolute atomic E-state index is 10.7. The van der Waals surface area contributed by atoms with Gasteiger partial charge in [-0.15, -0.1) is 0 Å². The lowest BCUT2D eigenvalue weighted by Crippen LogP contribution is -2.36. The van der Waals surface area contributed by atoms with Gasteiger partial charge in [-0.2, -0.15) is 17.7 Å². The average molecular weight is 572 g/mol. The fourth-order valence-corrected chi connectivity index (χ4v) is 3.84. The van der Waals surface area contributed by atoms with E-state index < -0.39 is 15.6 Å². The molecule has 0 aromatic carbocycles. The molecule has 1 heterocycles. The highest BCUT2D eigenvalue weighted by molar-refractivity contribution is 7.86. The molecule has 0 aliphatic heterocycles. The van der Waals surface area contributed by atoms with Gasteiger partial charge in [0.1, 0.15) is 7.05 Å². The van der Waals surface area contributed by atoms with Crippen LogP contribution in [0.1, 0.15) is 141 Å². The van der Waals surface area contributed by atoms with E-state index in [0.717, 1.165) is 24.2 Å². The van der Waals surface area contributed by atoms with Crippen LogP contribution in [0.5, 0.6) is 0 Å². The van der Waals surface area contributed by atoms with Crippen molar-refractivity contribution in [3.63, 3.8) is 0 Å². The summed E-state index contributed by atoms with van der Waals surface area (Å²) in [5.41, 5.74) is -3.51. The molecule has 0 N–H and O–H groups in total. The predicted molar refractivity (Wildman–Crippen MR) is 152 cm³/mol. The van der Waals surface area contributed by atoms with Crippen LogP contribution in [0.3, 0.4) is 0 Å². The van der Waals surface area contributed by atoms with Crippen LogP contribution in [0.25, 0.3) is 0 Å². The summed E-state index contributed by atoms with van der Waals surface area (Å²) in [5.74, 6) is 13.5. The lowest BCUT2D eigenvalue weighted by atomic mass is 10.1. The van der Waals surface area contributed by atoms with Gasteiger partial charge in [-0.3, -0.25) is 0 Å². The molecule has 0 radical (unpaired) electrons. The van der Waals surface area contributed by atoms with Crippen LogP contribution >= 0.6 is 0 Å². The van der Waals surface area contributed by atoms with Crippen molar-refractivity contribution in [2.45, 2.75) is 135 Å². The fraction of sp³-hybridized carbons (Fsp3) is 0.710. The van der Waals surface area contributed by atoms with Gasteiger partial charge in [-0.25, -0.2) is 8.42 Å². The molecule has 0 saturated heterocycles. The van der Waals surface area contributed by atoms with E-state index >= 15 is 0 Å². The zero-order chi connectivity index (χ0) is 29.4. The van der Waals surface area contributed by atoms with Gasteiger partial charge in [0.05, 0.1) is 0 Å². The zero-order valence-corrected chi connectivity index (χ0v) is 25.0. The molecule has 39 heavy (non-hydrogen) atoms. The van der Waals surface area contributed by atoms with Crippen LogP contribution in [0.2, 0.25) is 0 Å². The number of rotatable bonds is 16. The van der Waals surface area contributed by atoms with Crippen molar-refractivity contribution in [3.05, 3.63) is 29.6 Å². The minimum absolute atomic E-state index is 1.00. The Balaban J connectivity index is 0.00000156. The highest BCUT2D eigenvalue weighted by Gasteiger charge is 2.36. The van der Waals surface area contributed by atoms with Gasteiger partial charge in [0.15, 0.2) is 10.1 Å². The Hall–Kier alpha value is -2.03. The Morgan fingerprint density at radius 3 is 1.31 bits per heavy atom. The predicted octanol–water partition coefficient (Wildman–Crippen LogP) is 8.33. The van der Waals surface area contributed by atoms with Gasteiger partial charge >= 0.3 is 5.51 Å². The highest BCUT2D eigenvalue weighted by Crippen LogP contribution is 2.20. The lowest BCUT2D eigenvalue weighted by molar-refractivity contribution is -0.676. The molecule has 8 heteroatoms. The quantitative estimate of drug-likeness (QED) is 0.0659. The van der Waals surface area contributed by atoms with E-state index in [0.29, 0.717) is 0 Å². The van der Waals surface area contributed by atoms with E-state index in [1.54, 1.807) is 0 Å². The number of hydrogen-bond donors (Lipinski definition) is 0. The topological polar surface area (TPSA) is 61.1 Å². The first-order chi connectivity index (χ1) is 18.5. The Kier molecular flexibility index (Phi) is 21.6. The van der Waals surface area contributed by atoms with Crippen molar-refractivity contribution in [1.82, 2.24) is 0 Å². The summed E-state index contributed by atoms with van der Waals surface area (Å²) >= 11 is 0. The monoisotopic (exact) mass is 571 g/mol. The standard InChI is InChI=1S/C30H48N.CHF3O3S/c1-4-6-8-10-12-14-16-18-20-22-25-29-27-24-28-30(31(29)3)26-23-21-19-17-15-13-11-9-7-5-2;2-1(3,4)8(5,6)7/h24,27-28H,4-21H2,1-3H3;(H,5,6,7)/q+1;/p-1. The molecule has 0 aliphatic carbocycles. The summed E-state index contributed by atoms with van der Waals surface area (Å²) in [6.07, 6.45) is 23.7. The Morgan fingerprint density at radius 2 is 1.00 bits per heavy atom. The highest BCUT2D eigenvalue weighted by atomic mass is 32.2. The van der Waals surface area contributed by atoms with Crippen molar-refractivity contribution < 1.29 is 30.7 Å². The number of nitrogens with zero attached hydrogens (tertiary/aromatic N) is 1. The molecular weight excluding hydrogens is 523 g/mol. The van der Waals surface area contributed by atoms with Crippen molar-refractivity contribution in [2.24, 2.45) is 7.05 Å². The van der Waals surface area contributed by atoms with Gasteiger partial charge < -0.3 is 4.55 Å². The molecular formula is C31H48F3NO3S. The summed E-state index contributed by atoms with van der Waals surface area (Å²) in [6.45, 7) is 4.55. The Labute approximate surface area is 235 Å². The van der Waals surface area contributed by atoms with E-state index in [2.05, 4.69) is 67.3 Å². The number of pyridine rings is 1. The number of aromatic nitrogens is 1. The third kappa shape index (κ3) is 20.5. The molecule has 0 bridgehead atoms. The van der Waals surface area contributed by atoms with Crippen LogP contribution in [-0.2, 0) is 17.2 Å². The molecule has 0 fully saturated rings. The molecule has 0 aliphatic rings. The number of alkyl halides is 3. The van der Waals surface area contributed by atoms with Gasteiger partial charge in [0.2, 0.25) is 0 Å². The van der Waals surface area contributed by atoms with Crippen molar-refractivity contribution in [2.75, 3.05) is 0 Å². The maximum atomic E-state index is 10.7. The van der Waals surface area contributed by atoms with Crippen LogP contribution in [0.15, 0.2) is 18.2 Å². The smallest absolute Gasteiger partial charge is 0.485 e. The molecule has 1 aromatic heterocycles. The first-order valence-corrected chi connectivity index (χ1v) is 15.9. The van der Waals surface area contributed by atoms with Gasteiger partial charge in [0.25, 0.3) is 11.4 Å². The maximum Gasteiger partial charge on any atom is 0.485 e. The average Bonchev–Trinajstić information content (AvgIpc) is 2.87. The molecule has 1 aromatic rings. The molecule has 0 spiro atoms. The Morgan fingerprint density at radius 1 is 0.692 bits per heavy atom. The van der Waals surface area contributed by atoms with Crippen LogP contribution in [0.4, 0.5) is 13.2 Å². The number of hydrogen-bond acceptors (Lipinski definition) is 3. The molecule has 0 atom stereocenters.